The minimum atomic E-state index is -0.135. The highest BCUT2D eigenvalue weighted by atomic mass is 16.5. The summed E-state index contributed by atoms with van der Waals surface area (Å²) in [7, 11) is 3.35. The molecule has 2 heterocycles. The number of carbonyl (C=O) groups excluding carboxylic acids is 1. The van der Waals surface area contributed by atoms with Gasteiger partial charge in [0.25, 0.3) is 5.91 Å². The fourth-order valence-corrected chi connectivity index (χ4v) is 3.50. The van der Waals surface area contributed by atoms with Crippen LogP contribution in [0.3, 0.4) is 0 Å². The van der Waals surface area contributed by atoms with Crippen molar-refractivity contribution in [2.24, 2.45) is 0 Å². The number of methoxy groups -OCH3 is 2. The van der Waals surface area contributed by atoms with Crippen molar-refractivity contribution in [1.82, 2.24) is 20.0 Å². The Labute approximate surface area is 160 Å². The lowest BCUT2D eigenvalue weighted by molar-refractivity contribution is 0.0927. The van der Waals surface area contributed by atoms with Gasteiger partial charge in [-0.2, -0.15) is 5.10 Å². The summed E-state index contributed by atoms with van der Waals surface area (Å²) in [6, 6.07) is 9.79. The number of hydrogen-bond acceptors (Lipinski definition) is 5. The van der Waals surface area contributed by atoms with E-state index in [9.17, 15) is 4.79 Å². The van der Waals surface area contributed by atoms with Crippen molar-refractivity contribution in [2.45, 2.75) is 25.8 Å². The maximum atomic E-state index is 12.6. The lowest BCUT2D eigenvalue weighted by Gasteiger charge is -2.24. The average molecular weight is 372 g/mol. The van der Waals surface area contributed by atoms with Gasteiger partial charge in [-0.1, -0.05) is 0 Å². The Morgan fingerprint density at radius 3 is 2.78 bits per heavy atom. The molecule has 2 aromatic rings. The number of aryl methyl sites for hydroxylation is 1. The minimum absolute atomic E-state index is 0.135. The smallest absolute Gasteiger partial charge is 0.271 e. The summed E-state index contributed by atoms with van der Waals surface area (Å²) in [6.45, 7) is 5.27. The predicted molar refractivity (Wildman–Crippen MR) is 104 cm³/mol. The molecule has 1 fully saturated rings. The number of nitrogens with zero attached hydrogens (tertiary/aromatic N) is 3. The summed E-state index contributed by atoms with van der Waals surface area (Å²) in [5, 5.41) is 7.52. The molecule has 7 heteroatoms. The Morgan fingerprint density at radius 2 is 2.07 bits per heavy atom. The SMILES string of the molecule is COCCN1CCCC1CNC(=O)c1cc(C)n(-c2ccc(OC)cc2)n1. The van der Waals surface area contributed by atoms with Gasteiger partial charge in [-0.15, -0.1) is 0 Å². The Kier molecular flexibility index (Phi) is 6.47. The summed E-state index contributed by atoms with van der Waals surface area (Å²) in [5.74, 6) is 0.653. The van der Waals surface area contributed by atoms with Crippen LogP contribution in [0, 0.1) is 6.92 Å². The Bertz CT molecular complexity index is 757. The molecule has 7 nitrogen and oxygen atoms in total. The van der Waals surface area contributed by atoms with E-state index in [1.165, 1.54) is 0 Å². The second kappa shape index (κ2) is 9.01. The maximum Gasteiger partial charge on any atom is 0.271 e. The minimum Gasteiger partial charge on any atom is -0.497 e. The molecule has 1 aromatic heterocycles. The topological polar surface area (TPSA) is 68.6 Å². The van der Waals surface area contributed by atoms with E-state index in [4.69, 9.17) is 9.47 Å². The summed E-state index contributed by atoms with van der Waals surface area (Å²) in [5.41, 5.74) is 2.24. The van der Waals surface area contributed by atoms with Crippen LogP contribution >= 0.6 is 0 Å². The molecule has 146 valence electrons. The van der Waals surface area contributed by atoms with Crippen LogP contribution < -0.4 is 10.1 Å². The van der Waals surface area contributed by atoms with Crippen LogP contribution in [0.25, 0.3) is 5.69 Å². The van der Waals surface area contributed by atoms with Gasteiger partial charge in [0, 0.05) is 31.9 Å². The zero-order chi connectivity index (χ0) is 19.2. The van der Waals surface area contributed by atoms with Crippen LogP contribution in [-0.2, 0) is 4.74 Å². The van der Waals surface area contributed by atoms with E-state index < -0.39 is 0 Å². The first-order valence-corrected chi connectivity index (χ1v) is 9.34. The molecule has 0 bridgehead atoms. The van der Waals surface area contributed by atoms with Gasteiger partial charge in [-0.25, -0.2) is 4.68 Å². The Morgan fingerprint density at radius 1 is 1.30 bits per heavy atom. The summed E-state index contributed by atoms with van der Waals surface area (Å²) >= 11 is 0. The van der Waals surface area contributed by atoms with Crippen LogP contribution in [0.4, 0.5) is 0 Å². The first-order valence-electron chi connectivity index (χ1n) is 9.34. The zero-order valence-corrected chi connectivity index (χ0v) is 16.3. The van der Waals surface area contributed by atoms with Crippen molar-refractivity contribution in [1.29, 1.82) is 0 Å². The Balaban J connectivity index is 1.62. The van der Waals surface area contributed by atoms with Crippen molar-refractivity contribution in [2.75, 3.05) is 40.5 Å². The van der Waals surface area contributed by atoms with Gasteiger partial charge in [0.1, 0.15) is 5.75 Å². The monoisotopic (exact) mass is 372 g/mol. The third-order valence-corrected chi connectivity index (χ3v) is 5.02. The van der Waals surface area contributed by atoms with Crippen LogP contribution in [0.15, 0.2) is 30.3 Å². The highest BCUT2D eigenvalue weighted by Crippen LogP contribution is 2.18. The maximum absolute atomic E-state index is 12.6. The number of carbonyl (C=O) groups is 1. The molecule has 1 aromatic carbocycles. The second-order valence-electron chi connectivity index (χ2n) is 6.82. The van der Waals surface area contributed by atoms with Crippen molar-refractivity contribution >= 4 is 5.91 Å². The Hall–Kier alpha value is -2.38. The number of ether oxygens (including phenoxy) is 2. The molecule has 1 saturated heterocycles. The molecule has 1 N–H and O–H groups in total. The molecule has 0 radical (unpaired) electrons. The highest BCUT2D eigenvalue weighted by Gasteiger charge is 2.25. The molecule has 0 saturated carbocycles. The molecule has 0 spiro atoms. The number of rotatable bonds is 8. The van der Waals surface area contributed by atoms with Crippen LogP contribution in [-0.4, -0.2) is 67.1 Å². The van der Waals surface area contributed by atoms with E-state index in [0.29, 0.717) is 18.3 Å². The quantitative estimate of drug-likeness (QED) is 0.768. The first-order chi connectivity index (χ1) is 13.1. The fraction of sp³-hybridized carbons (Fsp3) is 0.500. The zero-order valence-electron chi connectivity index (χ0n) is 16.3. The number of nitrogens with one attached hydrogen (secondary N) is 1. The van der Waals surface area contributed by atoms with E-state index in [-0.39, 0.29) is 5.91 Å². The molecule has 1 amide bonds. The van der Waals surface area contributed by atoms with Gasteiger partial charge in [0.2, 0.25) is 0 Å². The van der Waals surface area contributed by atoms with Crippen molar-refractivity contribution in [3.63, 3.8) is 0 Å². The standard InChI is InChI=1S/C20H28N4O3/c1-15-13-19(22-24(15)16-6-8-18(27-3)9-7-16)20(25)21-14-17-5-4-10-23(17)11-12-26-2/h6-9,13,17H,4-5,10-12,14H2,1-3H3,(H,21,25). The summed E-state index contributed by atoms with van der Waals surface area (Å²) in [6.07, 6.45) is 2.26. The van der Waals surface area contributed by atoms with Gasteiger partial charge in [-0.05, 0) is 56.6 Å². The highest BCUT2D eigenvalue weighted by molar-refractivity contribution is 5.92. The molecular weight excluding hydrogens is 344 g/mol. The van der Waals surface area contributed by atoms with Gasteiger partial charge in [-0.3, -0.25) is 9.69 Å². The van der Waals surface area contributed by atoms with E-state index in [2.05, 4.69) is 15.3 Å². The average Bonchev–Trinajstić information content (AvgIpc) is 3.30. The first kappa shape index (κ1) is 19.4. The third-order valence-electron chi connectivity index (χ3n) is 5.02. The van der Waals surface area contributed by atoms with Crippen LogP contribution in [0.2, 0.25) is 0 Å². The number of likely N-dealkylation sites (tertiary alicyclic amines) is 1. The lowest BCUT2D eigenvalue weighted by Crippen LogP contribution is -2.41. The summed E-state index contributed by atoms with van der Waals surface area (Å²) < 4.78 is 12.1. The van der Waals surface area contributed by atoms with E-state index >= 15 is 0 Å². The van der Waals surface area contributed by atoms with Gasteiger partial charge in [0.15, 0.2) is 5.69 Å². The number of benzene rings is 1. The largest absolute Gasteiger partial charge is 0.497 e. The van der Waals surface area contributed by atoms with E-state index in [1.807, 2.05) is 37.3 Å². The van der Waals surface area contributed by atoms with Gasteiger partial charge >= 0.3 is 0 Å². The molecule has 0 aliphatic carbocycles. The van der Waals surface area contributed by atoms with Gasteiger partial charge in [0.05, 0.1) is 19.4 Å². The molecule has 1 unspecified atom stereocenters. The van der Waals surface area contributed by atoms with Crippen molar-refractivity contribution < 1.29 is 14.3 Å². The molecule has 3 rings (SSSR count). The van der Waals surface area contributed by atoms with Crippen LogP contribution in [0.1, 0.15) is 29.0 Å². The van der Waals surface area contributed by atoms with Crippen LogP contribution in [0.5, 0.6) is 5.75 Å². The molecule has 1 aliphatic heterocycles. The second-order valence-corrected chi connectivity index (χ2v) is 6.82. The third kappa shape index (κ3) is 4.67. The van der Waals surface area contributed by atoms with E-state index in [1.54, 1.807) is 18.9 Å². The van der Waals surface area contributed by atoms with E-state index in [0.717, 1.165) is 49.7 Å². The number of aromatic nitrogens is 2. The van der Waals surface area contributed by atoms with Crippen molar-refractivity contribution in [3.05, 3.63) is 41.7 Å². The molecular formula is C20H28N4O3. The normalized spacial score (nSPS) is 17.2. The predicted octanol–water partition coefficient (Wildman–Crippen LogP) is 2.03. The molecule has 27 heavy (non-hydrogen) atoms. The lowest BCUT2D eigenvalue weighted by atomic mass is 10.2. The van der Waals surface area contributed by atoms with Gasteiger partial charge < -0.3 is 14.8 Å². The summed E-state index contributed by atoms with van der Waals surface area (Å²) in [4.78, 5) is 14.9. The molecule has 1 atom stereocenters. The fourth-order valence-electron chi connectivity index (χ4n) is 3.50. The number of amides is 1. The number of hydrogen-bond donors (Lipinski definition) is 1. The molecule has 1 aliphatic rings. The van der Waals surface area contributed by atoms with Crippen molar-refractivity contribution in [3.8, 4) is 11.4 Å².